The quantitative estimate of drug-likeness (QED) is 0.873. The summed E-state index contributed by atoms with van der Waals surface area (Å²) >= 11 is 0. The molecule has 21 heavy (non-hydrogen) atoms. The molecule has 1 heterocycles. The minimum atomic E-state index is -3.48. The molecule has 1 aliphatic heterocycles. The lowest BCUT2D eigenvalue weighted by Gasteiger charge is -2.30. The number of benzene rings is 1. The van der Waals surface area contributed by atoms with Crippen LogP contribution in [0.3, 0.4) is 0 Å². The van der Waals surface area contributed by atoms with Gasteiger partial charge in [-0.05, 0) is 36.3 Å². The topological polar surface area (TPSA) is 69.6 Å². The number of nitrogens with one attached hydrogen (secondary N) is 1. The Morgan fingerprint density at radius 3 is 2.76 bits per heavy atom. The highest BCUT2D eigenvalue weighted by atomic mass is 32.2. The van der Waals surface area contributed by atoms with E-state index in [9.17, 15) is 13.5 Å². The fourth-order valence-electron chi connectivity index (χ4n) is 3.35. The summed E-state index contributed by atoms with van der Waals surface area (Å²) in [7, 11) is -3.48. The Morgan fingerprint density at radius 2 is 2.00 bits per heavy atom. The third-order valence-electron chi connectivity index (χ3n) is 4.63. The van der Waals surface area contributed by atoms with Crippen molar-refractivity contribution in [3.05, 3.63) is 35.4 Å². The van der Waals surface area contributed by atoms with E-state index >= 15 is 0 Å². The van der Waals surface area contributed by atoms with Gasteiger partial charge in [-0.25, -0.2) is 0 Å². The van der Waals surface area contributed by atoms with Gasteiger partial charge in [0, 0.05) is 25.7 Å². The molecule has 1 aromatic rings. The van der Waals surface area contributed by atoms with Crippen molar-refractivity contribution in [1.82, 2.24) is 9.03 Å². The molecule has 0 amide bonds. The first kappa shape index (κ1) is 15.0. The van der Waals surface area contributed by atoms with Crippen molar-refractivity contribution < 1.29 is 13.5 Å². The van der Waals surface area contributed by atoms with Crippen LogP contribution in [0.2, 0.25) is 0 Å². The number of nitrogens with zero attached hydrogens (tertiary/aromatic N) is 1. The van der Waals surface area contributed by atoms with Crippen molar-refractivity contribution >= 4 is 10.2 Å². The minimum Gasteiger partial charge on any atom is -0.396 e. The SMILES string of the molecule is O=S(=O)(NC1CCCC1CO)N1CCc2ccccc2C1. The van der Waals surface area contributed by atoms with Crippen molar-refractivity contribution in [3.63, 3.8) is 0 Å². The first-order valence-electron chi connectivity index (χ1n) is 7.55. The van der Waals surface area contributed by atoms with Gasteiger partial charge in [-0.3, -0.25) is 0 Å². The van der Waals surface area contributed by atoms with Crippen LogP contribution in [-0.2, 0) is 23.2 Å². The predicted molar refractivity (Wildman–Crippen MR) is 80.8 cm³/mol. The van der Waals surface area contributed by atoms with E-state index in [-0.39, 0.29) is 18.6 Å². The van der Waals surface area contributed by atoms with E-state index in [4.69, 9.17) is 0 Å². The van der Waals surface area contributed by atoms with E-state index in [1.54, 1.807) is 0 Å². The van der Waals surface area contributed by atoms with E-state index in [1.165, 1.54) is 9.87 Å². The molecule has 1 saturated carbocycles. The highest BCUT2D eigenvalue weighted by Crippen LogP contribution is 2.27. The zero-order valence-corrected chi connectivity index (χ0v) is 12.8. The van der Waals surface area contributed by atoms with Gasteiger partial charge in [0.1, 0.15) is 0 Å². The van der Waals surface area contributed by atoms with E-state index in [0.29, 0.717) is 13.1 Å². The molecule has 2 unspecified atom stereocenters. The van der Waals surface area contributed by atoms with Crippen LogP contribution in [0.1, 0.15) is 30.4 Å². The molecule has 0 saturated heterocycles. The molecule has 0 spiro atoms. The summed E-state index contributed by atoms with van der Waals surface area (Å²) in [5, 5.41) is 9.33. The summed E-state index contributed by atoms with van der Waals surface area (Å²) in [6.07, 6.45) is 3.44. The van der Waals surface area contributed by atoms with Crippen molar-refractivity contribution in [2.24, 2.45) is 5.92 Å². The summed E-state index contributed by atoms with van der Waals surface area (Å²) in [4.78, 5) is 0. The van der Waals surface area contributed by atoms with Crippen LogP contribution in [-0.4, -0.2) is 37.0 Å². The van der Waals surface area contributed by atoms with Gasteiger partial charge in [0.15, 0.2) is 0 Å². The molecular weight excluding hydrogens is 288 g/mol. The van der Waals surface area contributed by atoms with Gasteiger partial charge in [0.25, 0.3) is 10.2 Å². The Kier molecular flexibility index (Phi) is 4.31. The van der Waals surface area contributed by atoms with E-state index < -0.39 is 10.2 Å². The fraction of sp³-hybridized carbons (Fsp3) is 0.600. The molecule has 0 aromatic heterocycles. The summed E-state index contributed by atoms with van der Waals surface area (Å²) in [5.74, 6) is 0.0526. The molecule has 1 aliphatic carbocycles. The molecule has 2 aliphatic rings. The highest BCUT2D eigenvalue weighted by molar-refractivity contribution is 7.87. The van der Waals surface area contributed by atoms with Crippen molar-refractivity contribution in [2.75, 3.05) is 13.2 Å². The third kappa shape index (κ3) is 3.13. The zero-order chi connectivity index (χ0) is 14.9. The molecule has 5 nitrogen and oxygen atoms in total. The Hall–Kier alpha value is -0.950. The first-order valence-corrected chi connectivity index (χ1v) is 8.99. The van der Waals surface area contributed by atoms with Crippen molar-refractivity contribution in [1.29, 1.82) is 0 Å². The summed E-state index contributed by atoms with van der Waals surface area (Å²) < 4.78 is 29.4. The molecule has 116 valence electrons. The third-order valence-corrected chi connectivity index (χ3v) is 6.22. The van der Waals surface area contributed by atoms with Crippen LogP contribution in [0.4, 0.5) is 0 Å². The second-order valence-corrected chi connectivity index (χ2v) is 7.66. The van der Waals surface area contributed by atoms with Crippen LogP contribution in [0, 0.1) is 5.92 Å². The van der Waals surface area contributed by atoms with Crippen molar-refractivity contribution in [3.8, 4) is 0 Å². The normalized spacial score (nSPS) is 26.7. The fourth-order valence-corrected chi connectivity index (χ4v) is 4.83. The number of hydrogen-bond acceptors (Lipinski definition) is 3. The molecule has 1 aromatic carbocycles. The van der Waals surface area contributed by atoms with Gasteiger partial charge in [0.05, 0.1) is 0 Å². The van der Waals surface area contributed by atoms with Crippen LogP contribution in [0.5, 0.6) is 0 Å². The number of fused-ring (bicyclic) bond motifs is 1. The molecule has 3 rings (SSSR count). The van der Waals surface area contributed by atoms with Gasteiger partial charge < -0.3 is 5.11 Å². The first-order chi connectivity index (χ1) is 10.1. The van der Waals surface area contributed by atoms with Gasteiger partial charge in [-0.15, -0.1) is 0 Å². The standard InChI is InChI=1S/C15H22N2O3S/c18-11-14-6-3-7-15(14)16-21(19,20)17-9-8-12-4-1-2-5-13(12)10-17/h1-2,4-5,14-16,18H,3,6-11H2. The zero-order valence-electron chi connectivity index (χ0n) is 12.0. The summed E-state index contributed by atoms with van der Waals surface area (Å²) in [6, 6.07) is 7.86. The molecule has 0 bridgehead atoms. The number of rotatable bonds is 4. The average molecular weight is 310 g/mol. The molecule has 1 fully saturated rings. The van der Waals surface area contributed by atoms with Gasteiger partial charge in [-0.1, -0.05) is 30.7 Å². The summed E-state index contributed by atoms with van der Waals surface area (Å²) in [6.45, 7) is 1.00. The van der Waals surface area contributed by atoms with Gasteiger partial charge in [0.2, 0.25) is 0 Å². The second-order valence-electron chi connectivity index (χ2n) is 5.96. The Labute approximate surface area is 126 Å². The lowest BCUT2D eigenvalue weighted by molar-refractivity contribution is 0.212. The number of hydrogen-bond donors (Lipinski definition) is 2. The predicted octanol–water partition coefficient (Wildman–Crippen LogP) is 1.04. The largest absolute Gasteiger partial charge is 0.396 e. The molecule has 2 N–H and O–H groups in total. The maximum Gasteiger partial charge on any atom is 0.280 e. The van der Waals surface area contributed by atoms with Crippen LogP contribution >= 0.6 is 0 Å². The Bertz CT molecular complexity index is 603. The summed E-state index contributed by atoms with van der Waals surface area (Å²) in [5.41, 5.74) is 2.32. The van der Waals surface area contributed by atoms with Gasteiger partial charge >= 0.3 is 0 Å². The van der Waals surface area contributed by atoms with Crippen LogP contribution in [0.15, 0.2) is 24.3 Å². The number of aliphatic hydroxyl groups is 1. The molecule has 2 atom stereocenters. The second kappa shape index (κ2) is 6.04. The monoisotopic (exact) mass is 310 g/mol. The van der Waals surface area contributed by atoms with Crippen molar-refractivity contribution in [2.45, 2.75) is 38.3 Å². The molecular formula is C15H22N2O3S. The van der Waals surface area contributed by atoms with E-state index in [1.807, 2.05) is 18.2 Å². The maximum absolute atomic E-state index is 12.5. The lowest BCUT2D eigenvalue weighted by atomic mass is 10.0. The van der Waals surface area contributed by atoms with Crippen LogP contribution in [0.25, 0.3) is 0 Å². The van der Waals surface area contributed by atoms with Crippen LogP contribution < -0.4 is 4.72 Å². The maximum atomic E-state index is 12.5. The smallest absolute Gasteiger partial charge is 0.280 e. The Morgan fingerprint density at radius 1 is 1.24 bits per heavy atom. The Balaban J connectivity index is 1.71. The van der Waals surface area contributed by atoms with E-state index in [0.717, 1.165) is 31.2 Å². The highest BCUT2D eigenvalue weighted by Gasteiger charge is 2.33. The van der Waals surface area contributed by atoms with Gasteiger partial charge in [-0.2, -0.15) is 17.4 Å². The number of aliphatic hydroxyl groups excluding tert-OH is 1. The molecule has 0 radical (unpaired) electrons. The average Bonchev–Trinajstić information content (AvgIpc) is 2.93. The van der Waals surface area contributed by atoms with E-state index in [2.05, 4.69) is 10.8 Å². The lowest BCUT2D eigenvalue weighted by Crippen LogP contribution is -2.48. The minimum absolute atomic E-state index is 0.0516. The molecule has 6 heteroatoms.